The largest absolute Gasteiger partial charge is 0.750 e. The third-order valence-electron chi connectivity index (χ3n) is 2.88. The predicted octanol–water partition coefficient (Wildman–Crippen LogP) is 4.96. The molecule has 0 N–H and O–H groups in total. The average Bonchev–Trinajstić information content (AvgIpc) is 2.40. The highest BCUT2D eigenvalue weighted by Gasteiger charge is 2.23. The van der Waals surface area contributed by atoms with E-state index < -0.39 is 8.25 Å². The van der Waals surface area contributed by atoms with E-state index >= 15 is 0 Å². The van der Waals surface area contributed by atoms with Crippen LogP contribution in [0.1, 0.15) is 39.5 Å². The van der Waals surface area contributed by atoms with Crippen LogP contribution in [-0.2, 0) is 9.09 Å². The minimum absolute atomic E-state index is 0.475. The van der Waals surface area contributed by atoms with Crippen molar-refractivity contribution in [2.24, 2.45) is 5.92 Å². The first-order valence-corrected chi connectivity index (χ1v) is 7.69. The summed E-state index contributed by atoms with van der Waals surface area (Å²) in [5.41, 5.74) is 0. The number of benzene rings is 1. The van der Waals surface area contributed by atoms with E-state index in [9.17, 15) is 4.57 Å². The molecule has 2 atom stereocenters. The van der Waals surface area contributed by atoms with Gasteiger partial charge in [0.25, 0.3) is 0 Å². The molecule has 4 heteroatoms. The van der Waals surface area contributed by atoms with Gasteiger partial charge in [0.2, 0.25) is 0 Å². The van der Waals surface area contributed by atoms with Crippen LogP contribution in [0.5, 0.6) is 5.75 Å². The summed E-state index contributed by atoms with van der Waals surface area (Å²) in [5.74, 6) is 1.06. The molecule has 1 aromatic carbocycles. The molecule has 2 unspecified atom stereocenters. The molecule has 1 rings (SSSR count). The van der Waals surface area contributed by atoms with Crippen LogP contribution in [0.2, 0.25) is 0 Å². The second-order valence-corrected chi connectivity index (χ2v) is 5.23. The van der Waals surface area contributed by atoms with E-state index in [4.69, 9.17) is 9.05 Å². The first-order valence-electron chi connectivity index (χ1n) is 6.59. The van der Waals surface area contributed by atoms with Crippen LogP contribution in [0.15, 0.2) is 30.3 Å². The van der Waals surface area contributed by atoms with Crippen LogP contribution in [0.3, 0.4) is 0 Å². The van der Waals surface area contributed by atoms with Gasteiger partial charge in [0.15, 0.2) is 5.75 Å². The molecule has 0 aromatic heterocycles. The van der Waals surface area contributed by atoms with Gasteiger partial charge in [-0.1, -0.05) is 51.3 Å². The molecule has 0 aliphatic carbocycles. The van der Waals surface area contributed by atoms with Crippen LogP contribution in [0.25, 0.3) is 0 Å². The molecule has 18 heavy (non-hydrogen) atoms. The van der Waals surface area contributed by atoms with Crippen molar-refractivity contribution in [3.8, 4) is 5.75 Å². The van der Waals surface area contributed by atoms with Crippen molar-refractivity contribution in [2.75, 3.05) is 6.61 Å². The normalized spacial score (nSPS) is 13.1. The summed E-state index contributed by atoms with van der Waals surface area (Å²) in [6.45, 7) is 4.82. The molecule has 0 saturated heterocycles. The van der Waals surface area contributed by atoms with Crippen molar-refractivity contribution in [3.05, 3.63) is 30.3 Å². The van der Waals surface area contributed by atoms with Gasteiger partial charge in [-0.2, -0.15) is 0 Å². The Balaban J connectivity index is 2.27. The Labute approximate surface area is 110 Å². The molecule has 0 heterocycles. The summed E-state index contributed by atoms with van der Waals surface area (Å²) in [4.78, 5) is 0. The first-order chi connectivity index (χ1) is 8.76. The van der Waals surface area contributed by atoms with E-state index in [-0.39, 0.29) is 0 Å². The molecule has 0 aliphatic heterocycles. The fraction of sp³-hybridized carbons (Fsp3) is 0.571. The minimum Gasteiger partial charge on any atom is -0.229 e. The van der Waals surface area contributed by atoms with Crippen molar-refractivity contribution in [1.82, 2.24) is 0 Å². The van der Waals surface area contributed by atoms with Crippen molar-refractivity contribution in [1.29, 1.82) is 0 Å². The van der Waals surface area contributed by atoms with Crippen LogP contribution < -0.4 is 4.52 Å². The molecule has 3 nitrogen and oxygen atoms in total. The number of unbranched alkanes of at least 4 members (excludes halogenated alkanes) is 1. The van der Waals surface area contributed by atoms with Gasteiger partial charge >= 0.3 is 8.25 Å². The maximum atomic E-state index is 11.6. The van der Waals surface area contributed by atoms with Crippen molar-refractivity contribution in [3.63, 3.8) is 0 Å². The fourth-order valence-electron chi connectivity index (χ4n) is 1.66. The Morgan fingerprint density at radius 2 is 1.94 bits per heavy atom. The monoisotopic (exact) mass is 269 g/mol. The van der Waals surface area contributed by atoms with Crippen LogP contribution in [-0.4, -0.2) is 6.61 Å². The summed E-state index contributed by atoms with van der Waals surface area (Å²) < 4.78 is 22.1. The number of hydrogen-bond donors (Lipinski definition) is 0. The number of hydrogen-bond acceptors (Lipinski definition) is 3. The third kappa shape index (κ3) is 6.13. The van der Waals surface area contributed by atoms with Gasteiger partial charge in [0.05, 0.1) is 0 Å². The molecule has 0 aliphatic rings. The van der Waals surface area contributed by atoms with E-state index in [2.05, 4.69) is 13.8 Å². The second-order valence-electron chi connectivity index (χ2n) is 4.34. The second kappa shape index (κ2) is 9.07. The Hall–Kier alpha value is -0.920. The van der Waals surface area contributed by atoms with E-state index in [0.717, 1.165) is 12.8 Å². The topological polar surface area (TPSA) is 35.5 Å². The van der Waals surface area contributed by atoms with Crippen molar-refractivity contribution in [2.45, 2.75) is 39.5 Å². The molecular formula is C14H22O3P+. The molecule has 0 bridgehead atoms. The summed E-state index contributed by atoms with van der Waals surface area (Å²) in [7, 11) is -2.06. The summed E-state index contributed by atoms with van der Waals surface area (Å²) >= 11 is 0. The molecule has 1 aromatic rings. The maximum absolute atomic E-state index is 11.6. The Bertz CT molecular complexity index is 340. The summed E-state index contributed by atoms with van der Waals surface area (Å²) in [6, 6.07) is 9.11. The highest BCUT2D eigenvalue weighted by atomic mass is 31.1. The van der Waals surface area contributed by atoms with E-state index in [1.54, 1.807) is 12.1 Å². The Morgan fingerprint density at radius 1 is 1.22 bits per heavy atom. The maximum Gasteiger partial charge on any atom is 0.750 e. The van der Waals surface area contributed by atoms with Crippen molar-refractivity contribution >= 4 is 8.25 Å². The SMILES string of the molecule is CCCCC(CC)CO[P+](=O)Oc1ccccc1. The quantitative estimate of drug-likeness (QED) is 0.594. The van der Waals surface area contributed by atoms with E-state index in [0.29, 0.717) is 18.3 Å². The molecule has 0 amide bonds. The third-order valence-corrected chi connectivity index (χ3v) is 3.60. The van der Waals surface area contributed by atoms with Crippen LogP contribution in [0.4, 0.5) is 0 Å². The van der Waals surface area contributed by atoms with Gasteiger partial charge in [-0.15, -0.1) is 4.52 Å². The molecule has 0 fully saturated rings. The van der Waals surface area contributed by atoms with Gasteiger partial charge in [0, 0.05) is 4.57 Å². The predicted molar refractivity (Wildman–Crippen MR) is 73.9 cm³/mol. The fourth-order valence-corrected chi connectivity index (χ4v) is 2.34. The minimum atomic E-state index is -2.06. The highest BCUT2D eigenvalue weighted by Crippen LogP contribution is 2.29. The van der Waals surface area contributed by atoms with E-state index in [1.807, 2.05) is 18.2 Å². The zero-order valence-electron chi connectivity index (χ0n) is 11.2. The zero-order chi connectivity index (χ0) is 13.2. The lowest BCUT2D eigenvalue weighted by molar-refractivity contribution is 0.221. The zero-order valence-corrected chi connectivity index (χ0v) is 12.1. The van der Waals surface area contributed by atoms with Gasteiger partial charge in [-0.25, -0.2) is 4.52 Å². The molecule has 100 valence electrons. The van der Waals surface area contributed by atoms with Crippen LogP contribution in [0, 0.1) is 5.92 Å². The molecule has 0 saturated carbocycles. The lowest BCUT2D eigenvalue weighted by atomic mass is 10.0. The number of rotatable bonds is 9. The molecular weight excluding hydrogens is 247 g/mol. The standard InChI is InChI=1S/C14H22O3P/c1-3-5-9-13(4-2)12-16-18(15)17-14-10-7-6-8-11-14/h6-8,10-11,13H,3-5,9,12H2,1-2H3/q+1. The highest BCUT2D eigenvalue weighted by molar-refractivity contribution is 7.33. The number of para-hydroxylation sites is 1. The first kappa shape index (κ1) is 15.1. The molecule has 0 spiro atoms. The summed E-state index contributed by atoms with van der Waals surface area (Å²) in [6.07, 6.45) is 4.55. The van der Waals surface area contributed by atoms with E-state index in [1.165, 1.54) is 12.8 Å². The lowest BCUT2D eigenvalue weighted by Crippen LogP contribution is -2.06. The average molecular weight is 269 g/mol. The summed E-state index contributed by atoms with van der Waals surface area (Å²) in [5, 5.41) is 0. The smallest absolute Gasteiger partial charge is 0.229 e. The Kier molecular flexibility index (Phi) is 7.63. The van der Waals surface area contributed by atoms with Gasteiger partial charge in [-0.3, -0.25) is 0 Å². The molecule has 0 radical (unpaired) electrons. The van der Waals surface area contributed by atoms with Crippen LogP contribution >= 0.6 is 8.25 Å². The lowest BCUT2D eigenvalue weighted by Gasteiger charge is -2.09. The van der Waals surface area contributed by atoms with Crippen molar-refractivity contribution < 1.29 is 13.6 Å². The van der Waals surface area contributed by atoms with Gasteiger partial charge in [-0.05, 0) is 24.5 Å². The van der Waals surface area contributed by atoms with Gasteiger partial charge in [0.1, 0.15) is 6.61 Å². The Morgan fingerprint density at radius 3 is 2.56 bits per heavy atom. The van der Waals surface area contributed by atoms with Gasteiger partial charge < -0.3 is 0 Å².